The lowest BCUT2D eigenvalue weighted by atomic mass is 9.51. The van der Waals surface area contributed by atoms with Gasteiger partial charge in [-0.2, -0.15) is 5.26 Å². The van der Waals surface area contributed by atoms with Crippen molar-refractivity contribution in [3.8, 4) is 6.07 Å². The summed E-state index contributed by atoms with van der Waals surface area (Å²) in [6, 6.07) is 2.22. The van der Waals surface area contributed by atoms with Gasteiger partial charge in [-0.1, -0.05) is 0 Å². The van der Waals surface area contributed by atoms with Crippen LogP contribution >= 0.6 is 0 Å². The first-order chi connectivity index (χ1) is 9.76. The van der Waals surface area contributed by atoms with E-state index in [-0.39, 0.29) is 12.0 Å². The van der Waals surface area contributed by atoms with Crippen molar-refractivity contribution in [3.05, 3.63) is 0 Å². The molecule has 4 bridgehead atoms. The average molecular weight is 272 g/mol. The van der Waals surface area contributed by atoms with Crippen molar-refractivity contribution in [2.45, 2.75) is 57.4 Å². The molecule has 0 aromatic rings. The topological polar surface area (TPSA) is 44.1 Å². The molecule has 1 unspecified atom stereocenters. The molecule has 5 rings (SSSR count). The number of amides is 1. The predicted octanol–water partition coefficient (Wildman–Crippen LogP) is 2.96. The Hall–Kier alpha value is -1.04. The molecule has 3 heteroatoms. The Labute approximate surface area is 121 Å². The Balaban J connectivity index is 1.55. The van der Waals surface area contributed by atoms with Gasteiger partial charge in [-0.05, 0) is 75.0 Å². The van der Waals surface area contributed by atoms with Gasteiger partial charge in [0.1, 0.15) is 6.04 Å². The van der Waals surface area contributed by atoms with Crippen LogP contribution in [0.2, 0.25) is 0 Å². The summed E-state index contributed by atoms with van der Waals surface area (Å²) in [4.78, 5) is 15.0. The molecule has 0 radical (unpaired) electrons. The fourth-order valence-electron chi connectivity index (χ4n) is 5.85. The second-order valence-corrected chi connectivity index (χ2v) is 7.63. The summed E-state index contributed by atoms with van der Waals surface area (Å²) in [5.74, 6) is 3.70. The van der Waals surface area contributed by atoms with Gasteiger partial charge in [0.05, 0.1) is 6.07 Å². The molecule has 0 spiro atoms. The summed E-state index contributed by atoms with van der Waals surface area (Å²) in [6.07, 6.45) is 9.64. The van der Waals surface area contributed by atoms with Crippen LogP contribution in [0, 0.1) is 40.9 Å². The molecule has 0 aromatic carbocycles. The van der Waals surface area contributed by atoms with Crippen LogP contribution in [0.5, 0.6) is 0 Å². The highest BCUT2D eigenvalue weighted by Crippen LogP contribution is 2.57. The highest BCUT2D eigenvalue weighted by atomic mass is 16.2. The molecule has 4 aliphatic carbocycles. The average Bonchev–Trinajstić information content (AvgIpc) is 2.46. The van der Waals surface area contributed by atoms with Crippen LogP contribution in [0.4, 0.5) is 0 Å². The predicted molar refractivity (Wildman–Crippen MR) is 75.5 cm³/mol. The molecule has 0 N–H and O–H groups in total. The minimum atomic E-state index is -0.145. The molecule has 1 aliphatic heterocycles. The first-order valence-corrected chi connectivity index (χ1v) is 8.46. The monoisotopic (exact) mass is 272 g/mol. The number of hydrogen-bond acceptors (Lipinski definition) is 2. The molecule has 0 aromatic heterocycles. The first-order valence-electron chi connectivity index (χ1n) is 8.46. The first kappa shape index (κ1) is 12.7. The van der Waals surface area contributed by atoms with E-state index >= 15 is 0 Å². The van der Waals surface area contributed by atoms with Gasteiger partial charge in [0.25, 0.3) is 0 Å². The second kappa shape index (κ2) is 4.76. The van der Waals surface area contributed by atoms with E-state index in [4.69, 9.17) is 0 Å². The van der Waals surface area contributed by atoms with Crippen molar-refractivity contribution in [2.24, 2.45) is 29.6 Å². The molecule has 1 heterocycles. The van der Waals surface area contributed by atoms with E-state index < -0.39 is 0 Å². The number of carbonyl (C=O) groups excluding carboxylic acids is 1. The Morgan fingerprint density at radius 1 is 1.00 bits per heavy atom. The van der Waals surface area contributed by atoms with Crippen LogP contribution in [0.25, 0.3) is 0 Å². The van der Waals surface area contributed by atoms with E-state index in [2.05, 4.69) is 6.07 Å². The van der Waals surface area contributed by atoms with E-state index in [9.17, 15) is 10.1 Å². The Morgan fingerprint density at radius 3 is 2.25 bits per heavy atom. The minimum Gasteiger partial charge on any atom is -0.326 e. The number of nitriles is 1. The summed E-state index contributed by atoms with van der Waals surface area (Å²) in [5, 5.41) is 9.32. The third kappa shape index (κ3) is 1.88. The largest absolute Gasteiger partial charge is 0.326 e. The maximum absolute atomic E-state index is 13.0. The SMILES string of the molecule is N#CC1CCCCN1C(=O)C1C2CC3CC(C2)CC1C3. The van der Waals surface area contributed by atoms with Crippen molar-refractivity contribution < 1.29 is 4.79 Å². The van der Waals surface area contributed by atoms with Crippen molar-refractivity contribution >= 4 is 5.91 Å². The van der Waals surface area contributed by atoms with Gasteiger partial charge in [0.15, 0.2) is 0 Å². The van der Waals surface area contributed by atoms with Crippen LogP contribution in [0.1, 0.15) is 51.4 Å². The van der Waals surface area contributed by atoms with E-state index in [1.807, 2.05) is 4.90 Å². The Kier molecular flexibility index (Phi) is 3.02. The third-order valence-corrected chi connectivity index (χ3v) is 6.45. The number of carbonyl (C=O) groups is 1. The Morgan fingerprint density at radius 2 is 1.65 bits per heavy atom. The Bertz CT molecular complexity index is 424. The van der Waals surface area contributed by atoms with E-state index in [1.54, 1.807) is 0 Å². The summed E-state index contributed by atoms with van der Waals surface area (Å²) in [7, 11) is 0. The lowest BCUT2D eigenvalue weighted by Crippen LogP contribution is -2.54. The molecule has 1 amide bonds. The van der Waals surface area contributed by atoms with Crippen molar-refractivity contribution in [1.29, 1.82) is 5.26 Å². The highest BCUT2D eigenvalue weighted by molar-refractivity contribution is 5.80. The molecule has 1 atom stereocenters. The molecular formula is C17H24N2O. The normalized spacial score (nSPS) is 46.2. The van der Waals surface area contributed by atoms with Gasteiger partial charge < -0.3 is 4.90 Å². The van der Waals surface area contributed by atoms with Gasteiger partial charge in [0, 0.05) is 12.5 Å². The zero-order valence-corrected chi connectivity index (χ0v) is 12.1. The summed E-state index contributed by atoms with van der Waals surface area (Å²) in [5.41, 5.74) is 0. The molecular weight excluding hydrogens is 248 g/mol. The molecule has 20 heavy (non-hydrogen) atoms. The zero-order valence-electron chi connectivity index (χ0n) is 12.1. The number of likely N-dealkylation sites (tertiary alicyclic amines) is 1. The van der Waals surface area contributed by atoms with Gasteiger partial charge in [-0.25, -0.2) is 0 Å². The van der Waals surface area contributed by atoms with E-state index in [0.717, 1.165) is 37.6 Å². The molecule has 1 saturated heterocycles. The molecule has 5 fully saturated rings. The minimum absolute atomic E-state index is 0.145. The van der Waals surface area contributed by atoms with Crippen LogP contribution in [-0.2, 0) is 4.79 Å². The number of rotatable bonds is 1. The smallest absolute Gasteiger partial charge is 0.227 e. The van der Waals surface area contributed by atoms with Crippen molar-refractivity contribution in [2.75, 3.05) is 6.54 Å². The molecule has 3 nitrogen and oxygen atoms in total. The molecule has 5 aliphatic rings. The maximum Gasteiger partial charge on any atom is 0.227 e. The highest BCUT2D eigenvalue weighted by Gasteiger charge is 2.52. The number of piperidine rings is 1. The maximum atomic E-state index is 13.0. The fraction of sp³-hybridized carbons (Fsp3) is 0.882. The van der Waals surface area contributed by atoms with Crippen LogP contribution in [0.15, 0.2) is 0 Å². The van der Waals surface area contributed by atoms with Crippen LogP contribution < -0.4 is 0 Å². The van der Waals surface area contributed by atoms with Gasteiger partial charge >= 0.3 is 0 Å². The summed E-state index contributed by atoms with van der Waals surface area (Å²) >= 11 is 0. The fourth-order valence-corrected chi connectivity index (χ4v) is 5.85. The summed E-state index contributed by atoms with van der Waals surface area (Å²) < 4.78 is 0. The van der Waals surface area contributed by atoms with Gasteiger partial charge in [-0.15, -0.1) is 0 Å². The van der Waals surface area contributed by atoms with E-state index in [0.29, 0.717) is 17.7 Å². The molecule has 108 valence electrons. The van der Waals surface area contributed by atoms with E-state index in [1.165, 1.54) is 32.1 Å². The van der Waals surface area contributed by atoms with Crippen molar-refractivity contribution in [1.82, 2.24) is 4.90 Å². The van der Waals surface area contributed by atoms with Gasteiger partial charge in [-0.3, -0.25) is 4.79 Å². The second-order valence-electron chi connectivity index (χ2n) is 7.63. The van der Waals surface area contributed by atoms with Crippen LogP contribution in [-0.4, -0.2) is 23.4 Å². The number of nitrogens with zero attached hydrogens (tertiary/aromatic N) is 2. The summed E-state index contributed by atoms with van der Waals surface area (Å²) in [6.45, 7) is 0.819. The van der Waals surface area contributed by atoms with Gasteiger partial charge in [0.2, 0.25) is 5.91 Å². The molecule has 4 saturated carbocycles. The zero-order chi connectivity index (χ0) is 13.7. The lowest BCUT2D eigenvalue weighted by molar-refractivity contribution is -0.151. The lowest BCUT2D eigenvalue weighted by Gasteiger charge is -2.54. The third-order valence-electron chi connectivity index (χ3n) is 6.45. The quantitative estimate of drug-likeness (QED) is 0.736. The van der Waals surface area contributed by atoms with Crippen molar-refractivity contribution in [3.63, 3.8) is 0 Å². The number of hydrogen-bond donors (Lipinski definition) is 0. The standard InChI is InChI=1S/C17H24N2O/c18-10-15-3-1-2-4-19(15)17(20)16-13-6-11-5-12(8-13)9-14(16)7-11/h11-16H,1-9H2. The van der Waals surface area contributed by atoms with Crippen LogP contribution in [0.3, 0.4) is 0 Å².